The van der Waals surface area contributed by atoms with Gasteiger partial charge in [0.15, 0.2) is 0 Å². The van der Waals surface area contributed by atoms with Crippen LogP contribution in [0.15, 0.2) is 30.4 Å². The first-order valence-corrected chi connectivity index (χ1v) is 11.4. The molecule has 0 spiro atoms. The lowest BCUT2D eigenvalue weighted by atomic mass is 10.1. The zero-order chi connectivity index (χ0) is 25.3. The fourth-order valence-corrected chi connectivity index (χ4v) is 4.17. The van der Waals surface area contributed by atoms with Gasteiger partial charge in [-0.05, 0) is 43.6 Å². The van der Waals surface area contributed by atoms with Gasteiger partial charge in [-0.2, -0.15) is 0 Å². The number of rotatable bonds is 6. The van der Waals surface area contributed by atoms with Gasteiger partial charge in [-0.1, -0.05) is 29.3 Å². The van der Waals surface area contributed by atoms with Gasteiger partial charge in [0.2, 0.25) is 5.91 Å². The largest absolute Gasteiger partial charge is 0.478 e. The molecule has 2 fully saturated rings. The summed E-state index contributed by atoms with van der Waals surface area (Å²) in [4.78, 5) is 48.9. The Labute approximate surface area is 206 Å². The first kappa shape index (κ1) is 27.4. The molecule has 0 bridgehead atoms. The molecular formula is C22H27Cl2N3O7. The van der Waals surface area contributed by atoms with Crippen molar-refractivity contribution in [3.63, 3.8) is 0 Å². The molecule has 12 heteroatoms. The molecule has 0 aromatic heterocycles. The molecule has 0 saturated carbocycles. The average molecular weight is 516 g/mol. The van der Waals surface area contributed by atoms with E-state index < -0.39 is 18.0 Å². The second-order valence-corrected chi connectivity index (χ2v) is 8.73. The van der Waals surface area contributed by atoms with E-state index in [0.29, 0.717) is 41.8 Å². The molecule has 2 aliphatic heterocycles. The third-order valence-corrected chi connectivity index (χ3v) is 6.19. The van der Waals surface area contributed by atoms with Crippen LogP contribution in [0.4, 0.5) is 4.79 Å². The summed E-state index contributed by atoms with van der Waals surface area (Å²) in [6.45, 7) is 3.87. The van der Waals surface area contributed by atoms with Gasteiger partial charge < -0.3 is 30.0 Å². The quantitative estimate of drug-likeness (QED) is 0.491. The van der Waals surface area contributed by atoms with Crippen molar-refractivity contribution in [1.29, 1.82) is 0 Å². The molecule has 3 rings (SSSR count). The summed E-state index contributed by atoms with van der Waals surface area (Å²) in [6, 6.07) is 5.09. The molecule has 10 nitrogen and oxygen atoms in total. The predicted octanol–water partition coefficient (Wildman–Crippen LogP) is 2.53. The van der Waals surface area contributed by atoms with Crippen LogP contribution >= 0.6 is 23.2 Å². The number of halogens is 2. The Hall–Kier alpha value is -2.82. The third-order valence-electron chi connectivity index (χ3n) is 5.45. The molecule has 3 N–H and O–H groups in total. The van der Waals surface area contributed by atoms with Gasteiger partial charge in [-0.3, -0.25) is 4.79 Å². The van der Waals surface area contributed by atoms with Crippen LogP contribution in [0, 0.1) is 0 Å². The number of aliphatic carboxylic acids is 2. The number of piperazine rings is 1. The summed E-state index contributed by atoms with van der Waals surface area (Å²) in [5.41, 5.74) is 0.810. The smallest absolute Gasteiger partial charge is 0.407 e. The van der Waals surface area contributed by atoms with Crippen molar-refractivity contribution >= 4 is 47.1 Å². The molecule has 2 heterocycles. The highest BCUT2D eigenvalue weighted by molar-refractivity contribution is 6.42. The summed E-state index contributed by atoms with van der Waals surface area (Å²) in [5, 5.41) is 25.8. The Balaban J connectivity index is 0.000000440. The topological polar surface area (TPSA) is 139 Å². The number of carbonyl (C=O) groups is 4. The van der Waals surface area contributed by atoms with E-state index in [4.69, 9.17) is 33.4 Å². The Morgan fingerprint density at radius 3 is 2.06 bits per heavy atom. The zero-order valence-corrected chi connectivity index (χ0v) is 19.9. The van der Waals surface area contributed by atoms with E-state index >= 15 is 0 Å². The molecule has 1 aromatic carbocycles. The standard InChI is InChI=1S/C18H23Cl2N3O3.C4H4O4/c19-15-4-3-13(9-16(15)20)10-17(24)23-8-7-22(18(25)26)12-14(23)11-21-5-1-2-6-21;5-3(6)1-2-4(7)8/h3-4,9,14H,1-2,5-8,10-12H2,(H,25,26);1-2H,(H,5,6)(H,7,8)/b;2-1+. The third kappa shape index (κ3) is 8.85. The molecule has 1 atom stereocenters. The molecule has 2 amide bonds. The summed E-state index contributed by atoms with van der Waals surface area (Å²) >= 11 is 12.0. The molecule has 1 aromatic rings. The van der Waals surface area contributed by atoms with Crippen LogP contribution in [0.25, 0.3) is 0 Å². The first-order chi connectivity index (χ1) is 16.1. The minimum Gasteiger partial charge on any atom is -0.478 e. The molecule has 0 aliphatic carbocycles. The fourth-order valence-electron chi connectivity index (χ4n) is 3.85. The van der Waals surface area contributed by atoms with Gasteiger partial charge in [0, 0.05) is 38.3 Å². The highest BCUT2D eigenvalue weighted by Gasteiger charge is 2.33. The Morgan fingerprint density at radius 1 is 0.912 bits per heavy atom. The Morgan fingerprint density at radius 2 is 1.53 bits per heavy atom. The van der Waals surface area contributed by atoms with Gasteiger partial charge >= 0.3 is 18.0 Å². The number of hydrogen-bond donors (Lipinski definition) is 3. The van der Waals surface area contributed by atoms with E-state index in [2.05, 4.69) is 4.90 Å². The van der Waals surface area contributed by atoms with Crippen LogP contribution in [-0.4, -0.2) is 99.3 Å². The minimum atomic E-state index is -1.26. The van der Waals surface area contributed by atoms with Crippen LogP contribution < -0.4 is 0 Å². The van der Waals surface area contributed by atoms with Crippen LogP contribution in [0.3, 0.4) is 0 Å². The lowest BCUT2D eigenvalue weighted by molar-refractivity contribution is -0.135. The number of carboxylic acids is 2. The number of likely N-dealkylation sites (tertiary alicyclic amines) is 1. The van der Waals surface area contributed by atoms with Crippen molar-refractivity contribution < 1.29 is 34.5 Å². The number of carbonyl (C=O) groups excluding carboxylic acids is 1. The number of benzene rings is 1. The van der Waals surface area contributed by atoms with Crippen molar-refractivity contribution in [3.8, 4) is 0 Å². The van der Waals surface area contributed by atoms with Crippen LogP contribution in [0.1, 0.15) is 18.4 Å². The lowest BCUT2D eigenvalue weighted by Gasteiger charge is -2.42. The van der Waals surface area contributed by atoms with Gasteiger partial charge in [-0.15, -0.1) is 0 Å². The van der Waals surface area contributed by atoms with E-state index in [9.17, 15) is 24.3 Å². The summed E-state index contributed by atoms with van der Waals surface area (Å²) in [5.74, 6) is -2.52. The molecule has 34 heavy (non-hydrogen) atoms. The molecule has 186 valence electrons. The molecular weight excluding hydrogens is 489 g/mol. The van der Waals surface area contributed by atoms with Gasteiger partial charge in [-0.25, -0.2) is 14.4 Å². The lowest BCUT2D eigenvalue weighted by Crippen LogP contribution is -2.59. The Kier molecular flexibility index (Phi) is 10.6. The molecule has 0 radical (unpaired) electrons. The minimum absolute atomic E-state index is 0.00220. The molecule has 2 saturated heterocycles. The van der Waals surface area contributed by atoms with Crippen molar-refractivity contribution in [2.75, 3.05) is 39.3 Å². The second kappa shape index (κ2) is 13.2. The van der Waals surface area contributed by atoms with E-state index in [1.54, 1.807) is 18.2 Å². The summed E-state index contributed by atoms with van der Waals surface area (Å²) in [6.07, 6.45) is 2.75. The SMILES string of the molecule is O=C(O)/C=C/C(=O)O.O=C(O)N1CCN(C(=O)Cc2ccc(Cl)c(Cl)c2)C(CN2CCCC2)C1. The molecule has 2 aliphatic rings. The second-order valence-electron chi connectivity index (χ2n) is 7.91. The predicted molar refractivity (Wildman–Crippen MR) is 125 cm³/mol. The van der Waals surface area contributed by atoms with Crippen molar-refractivity contribution in [1.82, 2.24) is 14.7 Å². The zero-order valence-electron chi connectivity index (χ0n) is 18.4. The van der Waals surface area contributed by atoms with Crippen LogP contribution in [-0.2, 0) is 20.8 Å². The maximum Gasteiger partial charge on any atom is 0.407 e. The molecule has 1 unspecified atom stereocenters. The maximum atomic E-state index is 12.9. The van der Waals surface area contributed by atoms with E-state index in [-0.39, 0.29) is 18.4 Å². The van der Waals surface area contributed by atoms with E-state index in [1.165, 1.54) is 4.90 Å². The fraction of sp³-hybridized carbons (Fsp3) is 0.455. The number of nitrogens with zero attached hydrogens (tertiary/aromatic N) is 3. The van der Waals surface area contributed by atoms with Crippen molar-refractivity contribution in [2.45, 2.75) is 25.3 Å². The monoisotopic (exact) mass is 515 g/mol. The normalized spacial score (nSPS) is 18.5. The summed E-state index contributed by atoms with van der Waals surface area (Å²) < 4.78 is 0. The number of amides is 2. The van der Waals surface area contributed by atoms with E-state index in [1.807, 2.05) is 4.90 Å². The Bertz CT molecular complexity index is 919. The maximum absolute atomic E-state index is 12.9. The van der Waals surface area contributed by atoms with E-state index in [0.717, 1.165) is 38.0 Å². The summed E-state index contributed by atoms with van der Waals surface area (Å²) in [7, 11) is 0. The van der Waals surface area contributed by atoms with Crippen molar-refractivity contribution in [3.05, 3.63) is 46.0 Å². The highest BCUT2D eigenvalue weighted by Crippen LogP contribution is 2.24. The first-order valence-electron chi connectivity index (χ1n) is 10.6. The van der Waals surface area contributed by atoms with Gasteiger partial charge in [0.25, 0.3) is 0 Å². The average Bonchev–Trinajstić information content (AvgIpc) is 3.28. The van der Waals surface area contributed by atoms with Gasteiger partial charge in [0.1, 0.15) is 0 Å². The van der Waals surface area contributed by atoms with Crippen LogP contribution in [0.5, 0.6) is 0 Å². The van der Waals surface area contributed by atoms with Gasteiger partial charge in [0.05, 0.1) is 22.5 Å². The highest BCUT2D eigenvalue weighted by atomic mass is 35.5. The van der Waals surface area contributed by atoms with Crippen molar-refractivity contribution in [2.24, 2.45) is 0 Å². The number of hydrogen-bond acceptors (Lipinski definition) is 5. The van der Waals surface area contributed by atoms with Crippen LogP contribution in [0.2, 0.25) is 10.0 Å². The number of carboxylic acid groups (broad SMARTS) is 3.